The van der Waals surface area contributed by atoms with E-state index in [4.69, 9.17) is 18.6 Å². The number of hydrogen-bond donors (Lipinski definition) is 1. The molecule has 0 spiro atoms. The molecule has 42 heavy (non-hydrogen) atoms. The van der Waals surface area contributed by atoms with Gasteiger partial charge in [0.25, 0.3) is 17.5 Å². The number of aliphatic carboxylic acids is 1. The Labute approximate surface area is 239 Å². The third-order valence-corrected chi connectivity index (χ3v) is 6.65. The van der Waals surface area contributed by atoms with Crippen LogP contribution in [0.25, 0.3) is 22.7 Å². The summed E-state index contributed by atoms with van der Waals surface area (Å²) in [5.74, 6) is -2.62. The summed E-state index contributed by atoms with van der Waals surface area (Å²) in [5.41, 5.74) is 2.23. The van der Waals surface area contributed by atoms with Gasteiger partial charge in [0, 0.05) is 18.2 Å². The van der Waals surface area contributed by atoms with Crippen molar-refractivity contribution in [1.82, 2.24) is 19.9 Å². The van der Waals surface area contributed by atoms with Crippen LogP contribution in [0.3, 0.4) is 0 Å². The van der Waals surface area contributed by atoms with Crippen molar-refractivity contribution in [2.45, 2.75) is 46.1 Å². The van der Waals surface area contributed by atoms with Crippen LogP contribution >= 0.6 is 0 Å². The monoisotopic (exact) mass is 582 g/mol. The Hall–Kier alpha value is -4.81. The molecule has 1 amide bonds. The molecule has 1 atom stereocenters. The molecule has 13 heteroatoms. The predicted octanol–water partition coefficient (Wildman–Crippen LogP) is 5.22. The molecule has 220 valence electrons. The van der Waals surface area contributed by atoms with E-state index in [-0.39, 0.29) is 41.4 Å². The standard InChI is InChI=1S/C29H28F2N4O7/c1-4-10-39-26-23-27(34-29(33-26)41-21-8-7-18(30)13-19(21)31)42-25(32-23)17-11-15(2)24(16(3)12-17)40-14-22(36)35-9-5-6-20(35)28(37)38/h7-8,11-13,20H,4-6,9-10,14H2,1-3H3,(H,37,38). The van der Waals surface area contributed by atoms with Gasteiger partial charge in [-0.05, 0) is 68.5 Å². The zero-order valence-electron chi connectivity index (χ0n) is 23.1. The van der Waals surface area contributed by atoms with E-state index in [2.05, 4.69) is 15.0 Å². The van der Waals surface area contributed by atoms with Gasteiger partial charge in [0.15, 0.2) is 23.7 Å². The molecule has 3 heterocycles. The zero-order chi connectivity index (χ0) is 30.0. The fourth-order valence-electron chi connectivity index (χ4n) is 4.74. The molecule has 11 nitrogen and oxygen atoms in total. The van der Waals surface area contributed by atoms with Crippen molar-refractivity contribution in [2.75, 3.05) is 19.8 Å². The van der Waals surface area contributed by atoms with Gasteiger partial charge in [0.1, 0.15) is 17.6 Å². The number of carboxylic acids is 1. The summed E-state index contributed by atoms with van der Waals surface area (Å²) in [4.78, 5) is 38.4. The molecule has 1 aliphatic rings. The van der Waals surface area contributed by atoms with Gasteiger partial charge in [-0.3, -0.25) is 4.79 Å². The van der Waals surface area contributed by atoms with Gasteiger partial charge < -0.3 is 28.6 Å². The molecule has 2 aromatic heterocycles. The third-order valence-electron chi connectivity index (χ3n) is 6.65. The minimum absolute atomic E-state index is 0.0310. The molecule has 5 rings (SSSR count). The Bertz CT molecular complexity index is 1640. The number of halogens is 2. The third kappa shape index (κ3) is 5.94. The van der Waals surface area contributed by atoms with Crippen LogP contribution in [0, 0.1) is 25.5 Å². The summed E-state index contributed by atoms with van der Waals surface area (Å²) in [6.45, 7) is 5.91. The Morgan fingerprint density at radius 1 is 1.10 bits per heavy atom. The number of oxazole rings is 1. The number of aryl methyl sites for hydroxylation is 2. The average molecular weight is 583 g/mol. The first-order chi connectivity index (χ1) is 20.1. The molecule has 0 saturated carbocycles. The van der Waals surface area contributed by atoms with Gasteiger partial charge in [-0.1, -0.05) is 6.92 Å². The molecular weight excluding hydrogens is 554 g/mol. The van der Waals surface area contributed by atoms with Crippen LogP contribution in [0.15, 0.2) is 34.7 Å². The second-order valence-corrected chi connectivity index (χ2v) is 9.82. The summed E-state index contributed by atoms with van der Waals surface area (Å²) < 4.78 is 50.4. The zero-order valence-corrected chi connectivity index (χ0v) is 23.1. The highest BCUT2D eigenvalue weighted by molar-refractivity contribution is 5.85. The summed E-state index contributed by atoms with van der Waals surface area (Å²) in [5, 5.41) is 9.36. The first-order valence-corrected chi connectivity index (χ1v) is 13.4. The van der Waals surface area contributed by atoms with Crippen LogP contribution in [-0.4, -0.2) is 62.6 Å². The van der Waals surface area contributed by atoms with Crippen molar-refractivity contribution in [3.8, 4) is 34.8 Å². The van der Waals surface area contributed by atoms with Crippen LogP contribution in [0.2, 0.25) is 0 Å². The number of ether oxygens (including phenoxy) is 3. The number of hydrogen-bond acceptors (Lipinski definition) is 9. The summed E-state index contributed by atoms with van der Waals surface area (Å²) in [7, 11) is 0. The van der Waals surface area contributed by atoms with Crippen LogP contribution in [0.5, 0.6) is 23.4 Å². The lowest BCUT2D eigenvalue weighted by Crippen LogP contribution is -2.42. The largest absolute Gasteiger partial charge is 0.483 e. The van der Waals surface area contributed by atoms with E-state index in [1.807, 2.05) is 6.92 Å². The van der Waals surface area contributed by atoms with E-state index in [1.54, 1.807) is 26.0 Å². The molecule has 2 aromatic carbocycles. The fraction of sp³-hybridized carbons (Fsp3) is 0.345. The molecule has 4 aromatic rings. The van der Waals surface area contributed by atoms with E-state index in [9.17, 15) is 23.5 Å². The predicted molar refractivity (Wildman–Crippen MR) is 145 cm³/mol. The summed E-state index contributed by atoms with van der Waals surface area (Å²) in [6.07, 6.45) is 1.73. The highest BCUT2D eigenvalue weighted by Crippen LogP contribution is 2.35. The SMILES string of the molecule is CCCOc1nc(Oc2ccc(F)cc2F)nc2oc(-c3cc(C)c(OCC(=O)N4CCCC4C(=O)O)c(C)c3)nc12. The molecule has 1 unspecified atom stereocenters. The highest BCUT2D eigenvalue weighted by Gasteiger charge is 2.34. The number of rotatable bonds is 10. The first kappa shape index (κ1) is 28.7. The molecule has 0 bridgehead atoms. The minimum Gasteiger partial charge on any atom is -0.483 e. The van der Waals surface area contributed by atoms with Gasteiger partial charge in [0.2, 0.25) is 5.89 Å². The number of benzene rings is 2. The lowest BCUT2D eigenvalue weighted by molar-refractivity contribution is -0.149. The Balaban J connectivity index is 1.40. The Kier molecular flexibility index (Phi) is 8.18. The number of nitrogens with zero attached hydrogens (tertiary/aromatic N) is 4. The van der Waals surface area contributed by atoms with Gasteiger partial charge in [-0.2, -0.15) is 9.97 Å². The van der Waals surface area contributed by atoms with Gasteiger partial charge in [0.05, 0.1) is 6.61 Å². The second kappa shape index (κ2) is 12.0. The fourth-order valence-corrected chi connectivity index (χ4v) is 4.74. The number of likely N-dealkylation sites (tertiary alicyclic amines) is 1. The van der Waals surface area contributed by atoms with Crippen molar-refractivity contribution >= 4 is 23.1 Å². The lowest BCUT2D eigenvalue weighted by atomic mass is 10.1. The highest BCUT2D eigenvalue weighted by atomic mass is 19.1. The lowest BCUT2D eigenvalue weighted by Gasteiger charge is -2.22. The number of carbonyl (C=O) groups is 2. The van der Waals surface area contributed by atoms with Crippen molar-refractivity contribution in [3.05, 3.63) is 53.1 Å². The van der Waals surface area contributed by atoms with E-state index in [1.165, 1.54) is 4.90 Å². The van der Waals surface area contributed by atoms with Crippen molar-refractivity contribution in [1.29, 1.82) is 0 Å². The van der Waals surface area contributed by atoms with E-state index >= 15 is 0 Å². The second-order valence-electron chi connectivity index (χ2n) is 9.82. The number of aromatic nitrogens is 3. The molecule has 0 radical (unpaired) electrons. The number of carboxylic acid groups (broad SMARTS) is 1. The molecular formula is C29H28F2N4O7. The quantitative estimate of drug-likeness (QED) is 0.265. The number of amides is 1. The normalized spacial score (nSPS) is 14.8. The number of carbonyl (C=O) groups excluding carboxylic acids is 1. The van der Waals surface area contributed by atoms with Crippen LogP contribution in [-0.2, 0) is 9.59 Å². The molecule has 1 saturated heterocycles. The Morgan fingerprint density at radius 2 is 1.86 bits per heavy atom. The minimum atomic E-state index is -1.02. The molecule has 1 aliphatic heterocycles. The van der Waals surface area contributed by atoms with Crippen LogP contribution in [0.1, 0.15) is 37.3 Å². The topological polar surface area (TPSA) is 137 Å². The number of fused-ring (bicyclic) bond motifs is 1. The molecule has 1 fully saturated rings. The van der Waals surface area contributed by atoms with E-state index in [0.29, 0.717) is 60.9 Å². The summed E-state index contributed by atoms with van der Waals surface area (Å²) in [6, 6.07) is 5.27. The molecule has 0 aliphatic carbocycles. The van der Waals surface area contributed by atoms with Gasteiger partial charge in [-0.25, -0.2) is 18.6 Å². The smallest absolute Gasteiger partial charge is 0.328 e. The van der Waals surface area contributed by atoms with E-state index < -0.39 is 29.6 Å². The van der Waals surface area contributed by atoms with Crippen molar-refractivity contribution < 1.29 is 42.1 Å². The first-order valence-electron chi connectivity index (χ1n) is 13.4. The maximum Gasteiger partial charge on any atom is 0.328 e. The van der Waals surface area contributed by atoms with Crippen LogP contribution < -0.4 is 14.2 Å². The average Bonchev–Trinajstić information content (AvgIpc) is 3.61. The Morgan fingerprint density at radius 3 is 2.55 bits per heavy atom. The maximum atomic E-state index is 14.2. The van der Waals surface area contributed by atoms with Gasteiger partial charge >= 0.3 is 12.0 Å². The van der Waals surface area contributed by atoms with Gasteiger partial charge in [-0.15, -0.1) is 0 Å². The van der Waals surface area contributed by atoms with E-state index in [0.717, 1.165) is 12.1 Å². The maximum absolute atomic E-state index is 14.2. The van der Waals surface area contributed by atoms with Crippen molar-refractivity contribution in [2.24, 2.45) is 0 Å². The van der Waals surface area contributed by atoms with Crippen LogP contribution in [0.4, 0.5) is 8.78 Å². The molecule has 1 N–H and O–H groups in total. The summed E-state index contributed by atoms with van der Waals surface area (Å²) >= 11 is 0. The van der Waals surface area contributed by atoms with Crippen molar-refractivity contribution in [3.63, 3.8) is 0 Å².